The van der Waals surface area contributed by atoms with Crippen molar-refractivity contribution in [2.45, 2.75) is 16.5 Å². The van der Waals surface area contributed by atoms with Gasteiger partial charge in [-0.2, -0.15) is 13.2 Å². The Bertz CT molecular complexity index is 665. The van der Waals surface area contributed by atoms with Crippen molar-refractivity contribution in [3.05, 3.63) is 28.3 Å². The minimum atomic E-state index is -5.69. The van der Waals surface area contributed by atoms with E-state index in [9.17, 15) is 36.8 Å². The first-order valence-electron chi connectivity index (χ1n) is 5.58. The van der Waals surface area contributed by atoms with E-state index in [0.717, 1.165) is 6.07 Å². The summed E-state index contributed by atoms with van der Waals surface area (Å²) >= 11 is 5.33. The second-order valence-electron chi connectivity index (χ2n) is 4.07. The Hall–Kier alpha value is -1.59. The van der Waals surface area contributed by atoms with E-state index in [4.69, 9.17) is 11.6 Å². The molecule has 7 nitrogen and oxygen atoms in total. The highest BCUT2D eigenvalue weighted by Crippen LogP contribution is 2.34. The van der Waals surface area contributed by atoms with Crippen molar-refractivity contribution in [3.63, 3.8) is 0 Å². The van der Waals surface area contributed by atoms with E-state index < -0.39 is 37.0 Å². The Morgan fingerprint density at radius 2 is 2.00 bits per heavy atom. The number of anilines is 1. The smallest absolute Gasteiger partial charge is 0.390 e. The molecule has 0 bridgehead atoms. The fourth-order valence-electron chi connectivity index (χ4n) is 1.40. The van der Waals surface area contributed by atoms with Crippen LogP contribution in [0, 0.1) is 10.1 Å². The van der Waals surface area contributed by atoms with Gasteiger partial charge in [-0.15, -0.1) is 11.6 Å². The fourth-order valence-corrected chi connectivity index (χ4v) is 2.29. The summed E-state index contributed by atoms with van der Waals surface area (Å²) in [5.41, 5.74) is -6.67. The van der Waals surface area contributed by atoms with Crippen molar-refractivity contribution in [1.29, 1.82) is 0 Å². The first-order chi connectivity index (χ1) is 10.0. The normalized spacial score (nSPS) is 13.7. The molecule has 1 aromatic rings. The molecule has 0 radical (unpaired) electrons. The van der Waals surface area contributed by atoms with Gasteiger partial charge in [0.1, 0.15) is 5.69 Å². The van der Waals surface area contributed by atoms with E-state index in [0.29, 0.717) is 12.1 Å². The Balaban J connectivity index is 3.24. The zero-order valence-corrected chi connectivity index (χ0v) is 12.2. The van der Waals surface area contributed by atoms with Crippen LogP contribution in [-0.2, 0) is 9.84 Å². The molecule has 0 aliphatic heterocycles. The van der Waals surface area contributed by atoms with Gasteiger partial charge >= 0.3 is 5.51 Å². The van der Waals surface area contributed by atoms with Crippen LogP contribution in [0.25, 0.3) is 0 Å². The third-order valence-electron chi connectivity index (χ3n) is 2.49. The standard InChI is InChI=1S/C10H10ClF3N2O5S/c11-4-6(17)5-15-8-2-1-7(3-9(8)16(18)19)22(20,21)10(12,13)14/h1-3,6,15,17H,4-5H2. The van der Waals surface area contributed by atoms with Crippen LogP contribution in [0.15, 0.2) is 23.1 Å². The second kappa shape index (κ2) is 6.67. The van der Waals surface area contributed by atoms with Crippen LogP contribution in [0.4, 0.5) is 24.5 Å². The molecule has 1 unspecified atom stereocenters. The van der Waals surface area contributed by atoms with Gasteiger partial charge in [-0.05, 0) is 12.1 Å². The number of sulfone groups is 1. The fraction of sp³-hybridized carbons (Fsp3) is 0.400. The summed E-state index contributed by atoms with van der Waals surface area (Å²) in [6.07, 6.45) is -1.04. The van der Waals surface area contributed by atoms with Crippen LogP contribution in [0.5, 0.6) is 0 Å². The van der Waals surface area contributed by atoms with Crippen LogP contribution in [0.1, 0.15) is 0 Å². The number of aliphatic hydroxyl groups is 1. The summed E-state index contributed by atoms with van der Waals surface area (Å²) in [5, 5.41) is 22.5. The number of benzene rings is 1. The number of nitrogens with zero attached hydrogens (tertiary/aromatic N) is 1. The average molecular weight is 363 g/mol. The molecule has 0 fully saturated rings. The number of hydrogen-bond donors (Lipinski definition) is 2. The number of alkyl halides is 4. The minimum absolute atomic E-state index is 0.165. The number of hydrogen-bond acceptors (Lipinski definition) is 6. The van der Waals surface area contributed by atoms with Crippen molar-refractivity contribution in [3.8, 4) is 0 Å². The maximum Gasteiger partial charge on any atom is 0.501 e. The zero-order chi connectivity index (χ0) is 17.1. The molecule has 12 heteroatoms. The van der Waals surface area contributed by atoms with E-state index in [2.05, 4.69) is 5.32 Å². The molecule has 0 saturated carbocycles. The molecule has 0 aliphatic carbocycles. The molecular formula is C10H10ClF3N2O5S. The SMILES string of the molecule is O=[N+]([O-])c1cc(S(=O)(=O)C(F)(F)F)ccc1NCC(O)CCl. The molecule has 0 saturated heterocycles. The molecule has 1 rings (SSSR count). The van der Waals surface area contributed by atoms with Crippen LogP contribution >= 0.6 is 11.6 Å². The van der Waals surface area contributed by atoms with Crippen LogP contribution in [0.3, 0.4) is 0 Å². The molecule has 0 heterocycles. The Labute approximate surface area is 127 Å². The average Bonchev–Trinajstić information content (AvgIpc) is 2.42. The van der Waals surface area contributed by atoms with E-state index in [1.165, 1.54) is 0 Å². The molecule has 22 heavy (non-hydrogen) atoms. The molecule has 1 atom stereocenters. The Morgan fingerprint density at radius 3 is 2.45 bits per heavy atom. The maximum atomic E-state index is 12.4. The predicted molar refractivity (Wildman–Crippen MR) is 71.6 cm³/mol. The monoisotopic (exact) mass is 362 g/mol. The van der Waals surface area contributed by atoms with Crippen LogP contribution in [0.2, 0.25) is 0 Å². The summed E-state index contributed by atoms with van der Waals surface area (Å²) < 4.78 is 59.7. The van der Waals surface area contributed by atoms with Crippen LogP contribution in [-0.4, -0.2) is 42.5 Å². The highest BCUT2D eigenvalue weighted by molar-refractivity contribution is 7.92. The number of nitro groups is 1. The highest BCUT2D eigenvalue weighted by Gasteiger charge is 2.47. The lowest BCUT2D eigenvalue weighted by atomic mass is 10.2. The van der Waals surface area contributed by atoms with Crippen LogP contribution < -0.4 is 5.32 Å². The highest BCUT2D eigenvalue weighted by atomic mass is 35.5. The van der Waals surface area contributed by atoms with Gasteiger partial charge in [0.2, 0.25) is 0 Å². The van der Waals surface area contributed by atoms with Gasteiger partial charge in [0, 0.05) is 12.6 Å². The topological polar surface area (TPSA) is 110 Å². The van der Waals surface area contributed by atoms with E-state index in [1.807, 2.05) is 0 Å². The lowest BCUT2D eigenvalue weighted by Crippen LogP contribution is -2.24. The third-order valence-corrected chi connectivity index (χ3v) is 4.33. The van der Waals surface area contributed by atoms with Crippen molar-refractivity contribution in [1.82, 2.24) is 0 Å². The molecular weight excluding hydrogens is 353 g/mol. The molecule has 124 valence electrons. The van der Waals surface area contributed by atoms with Gasteiger partial charge in [-0.1, -0.05) is 0 Å². The first-order valence-corrected chi connectivity index (χ1v) is 7.60. The Morgan fingerprint density at radius 1 is 1.41 bits per heavy atom. The van der Waals surface area contributed by atoms with Crippen molar-refractivity contribution >= 4 is 32.8 Å². The molecule has 0 spiro atoms. The van der Waals surface area contributed by atoms with E-state index >= 15 is 0 Å². The summed E-state index contributed by atoms with van der Waals surface area (Å²) in [4.78, 5) is 8.59. The van der Waals surface area contributed by atoms with Gasteiger partial charge in [-0.25, -0.2) is 8.42 Å². The number of halogens is 4. The van der Waals surface area contributed by atoms with Crippen molar-refractivity contribution < 1.29 is 31.6 Å². The molecule has 0 aromatic heterocycles. The second-order valence-corrected chi connectivity index (χ2v) is 6.32. The minimum Gasteiger partial charge on any atom is -0.390 e. The van der Waals surface area contributed by atoms with Gasteiger partial charge in [0.25, 0.3) is 15.5 Å². The molecule has 1 aromatic carbocycles. The van der Waals surface area contributed by atoms with Gasteiger partial charge in [0.15, 0.2) is 0 Å². The predicted octanol–water partition coefficient (Wildman–Crippen LogP) is 1.90. The molecule has 0 aliphatic rings. The Kier molecular flexibility index (Phi) is 5.59. The van der Waals surface area contributed by atoms with E-state index in [1.54, 1.807) is 0 Å². The summed E-state index contributed by atoms with van der Waals surface area (Å²) in [6.45, 7) is -0.199. The third kappa shape index (κ3) is 3.99. The lowest BCUT2D eigenvalue weighted by molar-refractivity contribution is -0.384. The zero-order valence-electron chi connectivity index (χ0n) is 10.7. The van der Waals surface area contributed by atoms with Crippen molar-refractivity contribution in [2.24, 2.45) is 0 Å². The maximum absolute atomic E-state index is 12.4. The molecule has 2 N–H and O–H groups in total. The van der Waals surface area contributed by atoms with E-state index in [-0.39, 0.29) is 18.1 Å². The summed E-state index contributed by atoms with van der Waals surface area (Å²) in [6, 6.07) is 1.71. The quantitative estimate of drug-likeness (QED) is 0.454. The first kappa shape index (κ1) is 18.5. The number of nitro benzene ring substituents is 1. The number of aliphatic hydroxyl groups excluding tert-OH is 1. The number of nitrogens with one attached hydrogen (secondary N) is 1. The van der Waals surface area contributed by atoms with Crippen molar-refractivity contribution in [2.75, 3.05) is 17.7 Å². The van der Waals surface area contributed by atoms with Gasteiger partial charge in [-0.3, -0.25) is 10.1 Å². The molecule has 0 amide bonds. The summed E-state index contributed by atoms with van der Waals surface area (Å²) in [5.74, 6) is -0.165. The number of rotatable bonds is 6. The lowest BCUT2D eigenvalue weighted by Gasteiger charge is -2.12. The summed E-state index contributed by atoms with van der Waals surface area (Å²) in [7, 11) is -5.69. The van der Waals surface area contributed by atoms with Gasteiger partial charge < -0.3 is 10.4 Å². The van der Waals surface area contributed by atoms with Gasteiger partial charge in [0.05, 0.1) is 21.8 Å². The largest absolute Gasteiger partial charge is 0.501 e.